The van der Waals surface area contributed by atoms with E-state index in [4.69, 9.17) is 9.84 Å². The second-order valence-electron chi connectivity index (χ2n) is 9.79. The van der Waals surface area contributed by atoms with E-state index in [0.29, 0.717) is 12.6 Å². The molecule has 0 aliphatic carbocycles. The van der Waals surface area contributed by atoms with Crippen molar-refractivity contribution in [2.45, 2.75) is 43.3 Å². The monoisotopic (exact) mass is 603 g/mol. The van der Waals surface area contributed by atoms with Crippen molar-refractivity contribution in [1.82, 2.24) is 4.90 Å². The van der Waals surface area contributed by atoms with Crippen molar-refractivity contribution in [3.63, 3.8) is 0 Å². The first-order chi connectivity index (χ1) is 19.2. The number of rotatable bonds is 13. The second-order valence-corrected chi connectivity index (χ2v) is 11.8. The SMILES string of the molecule is CC(CN(CCCOc1cc(F)c(CCO)c(S(C)(=O)=O)c1)Cc1cccc(C(F)(F)F)c1F)c1ccc(F)cc1. The van der Waals surface area contributed by atoms with Gasteiger partial charge in [-0.2, -0.15) is 13.2 Å². The Labute approximate surface area is 235 Å². The van der Waals surface area contributed by atoms with Crippen LogP contribution in [0, 0.1) is 17.5 Å². The van der Waals surface area contributed by atoms with Gasteiger partial charge in [0.2, 0.25) is 0 Å². The van der Waals surface area contributed by atoms with Crippen LogP contribution < -0.4 is 4.74 Å². The zero-order valence-electron chi connectivity index (χ0n) is 22.5. The summed E-state index contributed by atoms with van der Waals surface area (Å²) in [4.78, 5) is 1.44. The molecule has 0 spiro atoms. The first kappa shape index (κ1) is 32.4. The average Bonchev–Trinajstić information content (AvgIpc) is 2.88. The van der Waals surface area contributed by atoms with E-state index in [1.807, 2.05) is 6.92 Å². The van der Waals surface area contributed by atoms with Gasteiger partial charge in [0.05, 0.1) is 17.1 Å². The number of hydrogen-bond donors (Lipinski definition) is 1. The van der Waals surface area contributed by atoms with Crippen molar-refractivity contribution >= 4 is 9.84 Å². The quantitative estimate of drug-likeness (QED) is 0.188. The van der Waals surface area contributed by atoms with Gasteiger partial charge in [0.1, 0.15) is 23.2 Å². The largest absolute Gasteiger partial charge is 0.493 e. The third-order valence-electron chi connectivity index (χ3n) is 6.53. The first-order valence-electron chi connectivity index (χ1n) is 12.8. The van der Waals surface area contributed by atoms with Crippen LogP contribution in [-0.4, -0.2) is 51.0 Å². The number of sulfone groups is 1. The molecule has 0 aliphatic rings. The molecular weight excluding hydrogens is 572 g/mol. The van der Waals surface area contributed by atoms with E-state index < -0.39 is 45.6 Å². The molecule has 224 valence electrons. The fourth-order valence-corrected chi connectivity index (χ4v) is 5.49. The molecule has 1 N–H and O–H groups in total. The van der Waals surface area contributed by atoms with Crippen LogP contribution >= 0.6 is 0 Å². The summed E-state index contributed by atoms with van der Waals surface area (Å²) in [6.07, 6.45) is -3.85. The van der Waals surface area contributed by atoms with Crippen LogP contribution in [0.2, 0.25) is 0 Å². The summed E-state index contributed by atoms with van der Waals surface area (Å²) in [7, 11) is -3.82. The van der Waals surface area contributed by atoms with Gasteiger partial charge in [0.15, 0.2) is 9.84 Å². The van der Waals surface area contributed by atoms with Crippen molar-refractivity contribution in [1.29, 1.82) is 0 Å². The minimum Gasteiger partial charge on any atom is -0.493 e. The lowest BCUT2D eigenvalue weighted by Gasteiger charge is -2.27. The van der Waals surface area contributed by atoms with Crippen LogP contribution in [0.15, 0.2) is 59.5 Å². The highest BCUT2D eigenvalue weighted by Crippen LogP contribution is 2.33. The number of benzene rings is 3. The highest BCUT2D eigenvalue weighted by atomic mass is 32.2. The molecule has 0 heterocycles. The highest BCUT2D eigenvalue weighted by molar-refractivity contribution is 7.90. The van der Waals surface area contributed by atoms with Gasteiger partial charge in [-0.05, 0) is 48.6 Å². The van der Waals surface area contributed by atoms with Gasteiger partial charge in [0.25, 0.3) is 0 Å². The molecule has 0 bridgehead atoms. The Morgan fingerprint density at radius 1 is 1.02 bits per heavy atom. The molecule has 3 rings (SSSR count). The number of alkyl halides is 3. The molecule has 0 amide bonds. The van der Waals surface area contributed by atoms with Crippen LogP contribution in [0.25, 0.3) is 0 Å². The van der Waals surface area contributed by atoms with Gasteiger partial charge in [-0.15, -0.1) is 0 Å². The predicted octanol–water partition coefficient (Wildman–Crippen LogP) is 6.14. The zero-order valence-corrected chi connectivity index (χ0v) is 23.3. The molecule has 1 unspecified atom stereocenters. The van der Waals surface area contributed by atoms with Crippen molar-refractivity contribution in [3.8, 4) is 5.75 Å². The maximum atomic E-state index is 14.8. The zero-order chi connectivity index (χ0) is 30.4. The van der Waals surface area contributed by atoms with Gasteiger partial charge >= 0.3 is 6.18 Å². The minimum absolute atomic E-state index is 0.00547. The summed E-state index contributed by atoms with van der Waals surface area (Å²) in [6, 6.07) is 11.1. The highest BCUT2D eigenvalue weighted by Gasteiger charge is 2.35. The lowest BCUT2D eigenvalue weighted by Crippen LogP contribution is -2.30. The molecule has 0 saturated heterocycles. The fraction of sp³-hybridized carbons (Fsp3) is 0.379. The molecule has 41 heavy (non-hydrogen) atoms. The maximum Gasteiger partial charge on any atom is 0.419 e. The average molecular weight is 604 g/mol. The minimum atomic E-state index is -4.85. The van der Waals surface area contributed by atoms with Gasteiger partial charge in [-0.25, -0.2) is 21.6 Å². The molecule has 3 aromatic carbocycles. The normalized spacial score (nSPS) is 13.0. The maximum absolute atomic E-state index is 14.8. The lowest BCUT2D eigenvalue weighted by molar-refractivity contribution is -0.140. The molecule has 0 saturated carbocycles. The van der Waals surface area contributed by atoms with Crippen LogP contribution in [0.5, 0.6) is 5.75 Å². The molecule has 3 aromatic rings. The Morgan fingerprint density at radius 2 is 1.71 bits per heavy atom. The van der Waals surface area contributed by atoms with E-state index >= 15 is 0 Å². The second kappa shape index (κ2) is 13.7. The third kappa shape index (κ3) is 8.95. The van der Waals surface area contributed by atoms with Crippen LogP contribution in [0.1, 0.15) is 41.5 Å². The smallest absolute Gasteiger partial charge is 0.419 e. The molecule has 5 nitrogen and oxygen atoms in total. The molecular formula is C29H31F6NO4S. The van der Waals surface area contributed by atoms with E-state index in [-0.39, 0.29) is 60.2 Å². The molecule has 1 atom stereocenters. The number of aliphatic hydroxyl groups is 1. The Hall–Kier alpha value is -3.09. The van der Waals surface area contributed by atoms with Gasteiger partial charge < -0.3 is 9.84 Å². The molecule has 0 aliphatic heterocycles. The Morgan fingerprint density at radius 3 is 2.32 bits per heavy atom. The van der Waals surface area contributed by atoms with Crippen molar-refractivity contribution in [3.05, 3.63) is 94.3 Å². The summed E-state index contributed by atoms with van der Waals surface area (Å²) in [5, 5.41) is 9.16. The summed E-state index contributed by atoms with van der Waals surface area (Å²) in [6.45, 7) is 1.79. The topological polar surface area (TPSA) is 66.8 Å². The number of nitrogens with zero attached hydrogens (tertiary/aromatic N) is 1. The molecule has 0 aromatic heterocycles. The summed E-state index contributed by atoms with van der Waals surface area (Å²) < 4.78 is 112. The van der Waals surface area contributed by atoms with Crippen LogP contribution in [0.4, 0.5) is 26.3 Å². The summed E-state index contributed by atoms with van der Waals surface area (Å²) in [5.41, 5.74) is -0.875. The van der Waals surface area contributed by atoms with E-state index in [1.54, 1.807) is 17.0 Å². The number of aliphatic hydroxyl groups excluding tert-OH is 1. The number of hydrogen-bond acceptors (Lipinski definition) is 5. The number of ether oxygens (including phenoxy) is 1. The van der Waals surface area contributed by atoms with E-state index in [9.17, 15) is 34.8 Å². The predicted molar refractivity (Wildman–Crippen MR) is 142 cm³/mol. The Bertz CT molecular complexity index is 1430. The van der Waals surface area contributed by atoms with Gasteiger partial charge in [0, 0.05) is 49.7 Å². The summed E-state index contributed by atoms with van der Waals surface area (Å²) in [5.74, 6) is -2.84. The van der Waals surface area contributed by atoms with E-state index in [1.165, 1.54) is 24.3 Å². The van der Waals surface area contributed by atoms with Gasteiger partial charge in [-0.3, -0.25) is 4.90 Å². The van der Waals surface area contributed by atoms with Crippen molar-refractivity contribution in [2.24, 2.45) is 0 Å². The Balaban J connectivity index is 1.77. The molecule has 0 radical (unpaired) electrons. The standard InChI is InChI=1S/C29H31F6NO4S/c1-19(20-7-9-22(30)10-8-20)17-36(18-21-5-3-6-25(28(21)32)29(33,34)35)12-4-14-40-23-15-26(31)24(11-13-37)27(16-23)41(2,38)39/h3,5-10,15-16,19,37H,4,11-14,17-18H2,1-2H3. The third-order valence-corrected chi connectivity index (χ3v) is 7.69. The van der Waals surface area contributed by atoms with Crippen molar-refractivity contribution in [2.75, 3.05) is 32.6 Å². The first-order valence-corrected chi connectivity index (χ1v) is 14.7. The Kier molecular flexibility index (Phi) is 10.8. The fourth-order valence-electron chi connectivity index (χ4n) is 4.52. The van der Waals surface area contributed by atoms with Crippen molar-refractivity contribution < 1.29 is 44.6 Å². The molecule has 12 heteroatoms. The molecule has 0 fully saturated rings. The van der Waals surface area contributed by atoms with Gasteiger partial charge in [-0.1, -0.05) is 31.2 Å². The summed E-state index contributed by atoms with van der Waals surface area (Å²) >= 11 is 0. The van der Waals surface area contributed by atoms with Crippen LogP contribution in [-0.2, 0) is 29.0 Å². The van der Waals surface area contributed by atoms with E-state index in [2.05, 4.69) is 0 Å². The lowest BCUT2D eigenvalue weighted by atomic mass is 10.00. The van der Waals surface area contributed by atoms with E-state index in [0.717, 1.165) is 24.0 Å². The van der Waals surface area contributed by atoms with Crippen LogP contribution in [0.3, 0.4) is 0 Å². The number of halogens is 6.